The molecule has 6 nitrogen and oxygen atoms in total. The lowest BCUT2D eigenvalue weighted by atomic mass is 10.2. The fourth-order valence-electron chi connectivity index (χ4n) is 3.43. The summed E-state index contributed by atoms with van der Waals surface area (Å²) in [5, 5.41) is 15.5. The van der Waals surface area contributed by atoms with Crippen LogP contribution in [0.1, 0.15) is 5.56 Å². The van der Waals surface area contributed by atoms with Crippen LogP contribution in [0.15, 0.2) is 89.4 Å². The van der Waals surface area contributed by atoms with Gasteiger partial charge in [0, 0.05) is 27.2 Å². The molecular formula is C26H20ClN5OS2. The highest BCUT2D eigenvalue weighted by Crippen LogP contribution is 2.29. The van der Waals surface area contributed by atoms with E-state index in [2.05, 4.69) is 20.5 Å². The Kier molecular flexibility index (Phi) is 6.94. The van der Waals surface area contributed by atoms with Gasteiger partial charge in [-0.05, 0) is 31.2 Å². The van der Waals surface area contributed by atoms with Gasteiger partial charge < -0.3 is 5.32 Å². The monoisotopic (exact) mass is 517 g/mol. The van der Waals surface area contributed by atoms with Gasteiger partial charge in [0.15, 0.2) is 16.1 Å². The second-order valence-electron chi connectivity index (χ2n) is 7.72. The molecule has 0 fully saturated rings. The van der Waals surface area contributed by atoms with Gasteiger partial charge in [0.05, 0.1) is 11.4 Å². The number of nitrogens with one attached hydrogen (secondary N) is 1. The number of benzene rings is 3. The molecule has 0 spiro atoms. The average molecular weight is 518 g/mol. The molecule has 9 heteroatoms. The molecular weight excluding hydrogens is 498 g/mol. The molecule has 2 heterocycles. The quantitative estimate of drug-likeness (QED) is 0.242. The topological polar surface area (TPSA) is 72.7 Å². The van der Waals surface area contributed by atoms with Crippen molar-refractivity contribution in [1.29, 1.82) is 0 Å². The zero-order chi connectivity index (χ0) is 24.2. The maximum Gasteiger partial charge on any atom is 0.236 e. The summed E-state index contributed by atoms with van der Waals surface area (Å²) in [5.74, 6) is 0.742. The largest absolute Gasteiger partial charge is 0.301 e. The van der Waals surface area contributed by atoms with E-state index >= 15 is 0 Å². The summed E-state index contributed by atoms with van der Waals surface area (Å²) < 4.78 is 1.98. The van der Waals surface area contributed by atoms with Crippen LogP contribution in [0.3, 0.4) is 0 Å². The van der Waals surface area contributed by atoms with E-state index in [9.17, 15) is 4.79 Å². The number of thioether (sulfide) groups is 1. The lowest BCUT2D eigenvalue weighted by molar-refractivity contribution is -0.113. The van der Waals surface area contributed by atoms with Gasteiger partial charge in [-0.2, -0.15) is 0 Å². The number of hydrogen-bond donors (Lipinski definition) is 1. The third kappa shape index (κ3) is 5.45. The summed E-state index contributed by atoms with van der Waals surface area (Å²) >= 11 is 8.68. The fraction of sp³-hybridized carbons (Fsp3) is 0.0769. The summed E-state index contributed by atoms with van der Waals surface area (Å²) in [7, 11) is 0. The van der Waals surface area contributed by atoms with Crippen molar-refractivity contribution < 1.29 is 4.79 Å². The Morgan fingerprint density at radius 2 is 1.71 bits per heavy atom. The number of aromatic nitrogens is 4. The SMILES string of the molecule is Cc1ccc(-n2c(SCC(=O)Nc3nc(-c4ccc(Cl)cc4)cs3)nnc2-c2ccccc2)cc1. The molecule has 0 atom stereocenters. The van der Waals surface area contributed by atoms with Gasteiger partial charge >= 0.3 is 0 Å². The first kappa shape index (κ1) is 23.3. The van der Waals surface area contributed by atoms with Gasteiger partial charge in [-0.3, -0.25) is 9.36 Å². The van der Waals surface area contributed by atoms with Crippen LogP contribution in [0.25, 0.3) is 28.3 Å². The van der Waals surface area contributed by atoms with Crippen LogP contribution < -0.4 is 5.32 Å². The highest BCUT2D eigenvalue weighted by molar-refractivity contribution is 7.99. The van der Waals surface area contributed by atoms with Crippen LogP contribution in [0.4, 0.5) is 5.13 Å². The van der Waals surface area contributed by atoms with Crippen LogP contribution in [-0.4, -0.2) is 31.4 Å². The molecule has 0 radical (unpaired) electrons. The Balaban J connectivity index is 1.32. The molecule has 0 saturated carbocycles. The van der Waals surface area contributed by atoms with Crippen molar-refractivity contribution in [2.75, 3.05) is 11.1 Å². The third-order valence-electron chi connectivity index (χ3n) is 5.18. The standard InChI is InChI=1S/C26H20ClN5OS2/c1-17-7-13-21(14-8-17)32-24(19-5-3-2-4-6-19)30-31-26(32)35-16-23(33)29-25-28-22(15-34-25)18-9-11-20(27)12-10-18/h2-15H,16H2,1H3,(H,28,29,33). The number of amides is 1. The van der Waals surface area contributed by atoms with Gasteiger partial charge in [-0.15, -0.1) is 21.5 Å². The Bertz CT molecular complexity index is 1450. The fourth-order valence-corrected chi connectivity index (χ4v) is 5.05. The smallest absolute Gasteiger partial charge is 0.236 e. The summed E-state index contributed by atoms with van der Waals surface area (Å²) in [6, 6.07) is 25.5. The molecule has 3 aromatic carbocycles. The van der Waals surface area contributed by atoms with E-state index in [-0.39, 0.29) is 11.7 Å². The predicted molar refractivity (Wildman–Crippen MR) is 143 cm³/mol. The number of aryl methyl sites for hydroxylation is 1. The van der Waals surface area contributed by atoms with Gasteiger partial charge in [-0.25, -0.2) is 4.98 Å². The number of anilines is 1. The number of rotatable bonds is 7. The molecule has 0 saturated heterocycles. The highest BCUT2D eigenvalue weighted by atomic mass is 35.5. The maximum absolute atomic E-state index is 12.7. The molecule has 5 aromatic rings. The Hall–Kier alpha value is -3.46. The first-order valence-corrected chi connectivity index (χ1v) is 13.0. The summed E-state index contributed by atoms with van der Waals surface area (Å²) in [4.78, 5) is 17.2. The zero-order valence-corrected chi connectivity index (χ0v) is 21.1. The van der Waals surface area contributed by atoms with E-state index in [1.165, 1.54) is 23.1 Å². The number of thiazole rings is 1. The first-order valence-electron chi connectivity index (χ1n) is 10.8. The van der Waals surface area contributed by atoms with Gasteiger partial charge in [0.2, 0.25) is 5.91 Å². The number of hydrogen-bond acceptors (Lipinski definition) is 6. The minimum Gasteiger partial charge on any atom is -0.301 e. The third-order valence-corrected chi connectivity index (χ3v) is 7.12. The molecule has 1 N–H and O–H groups in total. The number of nitrogens with zero attached hydrogens (tertiary/aromatic N) is 4. The molecule has 2 aromatic heterocycles. The molecule has 0 bridgehead atoms. The minimum atomic E-state index is -0.160. The van der Waals surface area contributed by atoms with Gasteiger partial charge in [0.1, 0.15) is 0 Å². The molecule has 1 amide bonds. The zero-order valence-electron chi connectivity index (χ0n) is 18.7. The van der Waals surface area contributed by atoms with Crippen molar-refractivity contribution in [2.45, 2.75) is 12.1 Å². The van der Waals surface area contributed by atoms with Crippen molar-refractivity contribution in [1.82, 2.24) is 19.7 Å². The van der Waals surface area contributed by atoms with Gasteiger partial charge in [-0.1, -0.05) is 83.5 Å². The Morgan fingerprint density at radius 1 is 0.971 bits per heavy atom. The molecule has 0 aliphatic carbocycles. The van der Waals surface area contributed by atoms with Crippen molar-refractivity contribution in [3.63, 3.8) is 0 Å². The first-order chi connectivity index (χ1) is 17.1. The van der Waals surface area contributed by atoms with Crippen LogP contribution in [0.2, 0.25) is 5.02 Å². The summed E-state index contributed by atoms with van der Waals surface area (Å²) in [6.07, 6.45) is 0. The van der Waals surface area contributed by atoms with E-state index in [0.29, 0.717) is 15.3 Å². The maximum atomic E-state index is 12.7. The van der Waals surface area contributed by atoms with Crippen LogP contribution in [-0.2, 0) is 4.79 Å². The van der Waals surface area contributed by atoms with Crippen LogP contribution in [0, 0.1) is 6.92 Å². The second-order valence-corrected chi connectivity index (χ2v) is 9.96. The lowest BCUT2D eigenvalue weighted by Gasteiger charge is -2.10. The van der Waals surface area contributed by atoms with Crippen LogP contribution in [0.5, 0.6) is 0 Å². The number of carbonyl (C=O) groups is 1. The van der Waals surface area contributed by atoms with Crippen molar-refractivity contribution in [3.8, 4) is 28.3 Å². The molecule has 5 rings (SSSR count). The minimum absolute atomic E-state index is 0.160. The normalized spacial score (nSPS) is 10.9. The van der Waals surface area contributed by atoms with E-state index in [1.54, 1.807) is 0 Å². The summed E-state index contributed by atoms with van der Waals surface area (Å²) in [6.45, 7) is 2.05. The van der Waals surface area contributed by atoms with Crippen molar-refractivity contribution >= 4 is 45.7 Å². The summed E-state index contributed by atoms with van der Waals surface area (Å²) in [5.41, 5.74) is 4.80. The molecule has 0 aliphatic heterocycles. The predicted octanol–water partition coefficient (Wildman–Crippen LogP) is 6.75. The highest BCUT2D eigenvalue weighted by Gasteiger charge is 2.18. The van der Waals surface area contributed by atoms with E-state index in [0.717, 1.165) is 33.9 Å². The Morgan fingerprint density at radius 3 is 2.46 bits per heavy atom. The number of halogens is 1. The van der Waals surface area contributed by atoms with Gasteiger partial charge in [0.25, 0.3) is 0 Å². The van der Waals surface area contributed by atoms with Crippen molar-refractivity contribution in [2.24, 2.45) is 0 Å². The van der Waals surface area contributed by atoms with Crippen molar-refractivity contribution in [3.05, 3.63) is 94.8 Å². The number of carbonyl (C=O) groups excluding carboxylic acids is 1. The average Bonchev–Trinajstić information content (AvgIpc) is 3.52. The van der Waals surface area contributed by atoms with Crippen LogP contribution >= 0.6 is 34.7 Å². The van der Waals surface area contributed by atoms with E-state index in [1.807, 2.05) is 95.7 Å². The molecule has 0 aliphatic rings. The van der Waals surface area contributed by atoms with E-state index < -0.39 is 0 Å². The molecule has 0 unspecified atom stereocenters. The lowest BCUT2D eigenvalue weighted by Crippen LogP contribution is -2.14. The second kappa shape index (κ2) is 10.4. The molecule has 35 heavy (non-hydrogen) atoms. The van der Waals surface area contributed by atoms with E-state index in [4.69, 9.17) is 11.6 Å². The Labute approximate surface area is 216 Å². The molecule has 174 valence electrons.